The van der Waals surface area contributed by atoms with Crippen LogP contribution in [0.15, 0.2) is 12.4 Å². The normalized spacial score (nSPS) is 13.1. The Hall–Kier alpha value is -1.33. The number of nitrogens with zero attached hydrogens (tertiary/aromatic N) is 4. The van der Waals surface area contributed by atoms with Crippen molar-refractivity contribution in [3.63, 3.8) is 0 Å². The summed E-state index contributed by atoms with van der Waals surface area (Å²) < 4.78 is 3.85. The Balaban J connectivity index is 2.56. The number of hydrogen-bond acceptors (Lipinski definition) is 3. The third-order valence-electron chi connectivity index (χ3n) is 3.54. The van der Waals surface area contributed by atoms with Crippen molar-refractivity contribution in [2.24, 2.45) is 7.05 Å². The summed E-state index contributed by atoms with van der Waals surface area (Å²) in [6, 6.07) is 0.270. The Morgan fingerprint density at radius 3 is 2.62 bits per heavy atom. The Morgan fingerprint density at radius 2 is 2.05 bits per heavy atom. The summed E-state index contributed by atoms with van der Waals surface area (Å²) in [6.07, 6.45) is 4.69. The molecule has 0 bridgehead atoms. The van der Waals surface area contributed by atoms with Gasteiger partial charge in [0, 0.05) is 24.8 Å². The number of hydrogen-bond donors (Lipinski definition) is 1. The van der Waals surface area contributed by atoms with Gasteiger partial charge in [-0.25, -0.2) is 0 Å². The van der Waals surface area contributed by atoms with Crippen molar-refractivity contribution < 1.29 is 0 Å². The van der Waals surface area contributed by atoms with Crippen molar-refractivity contribution in [3.8, 4) is 0 Å². The van der Waals surface area contributed by atoms with Gasteiger partial charge in [0.15, 0.2) is 0 Å². The van der Waals surface area contributed by atoms with Crippen LogP contribution in [0.2, 0.25) is 5.02 Å². The molecule has 0 radical (unpaired) electrons. The third-order valence-corrected chi connectivity index (χ3v) is 3.83. The fourth-order valence-electron chi connectivity index (χ4n) is 2.66. The van der Waals surface area contributed by atoms with Crippen molar-refractivity contribution >= 4 is 11.6 Å². The number of aromatic nitrogens is 4. The van der Waals surface area contributed by atoms with Gasteiger partial charge in [-0.05, 0) is 26.8 Å². The van der Waals surface area contributed by atoms with Gasteiger partial charge >= 0.3 is 0 Å². The molecule has 5 nitrogen and oxygen atoms in total. The van der Waals surface area contributed by atoms with Crippen molar-refractivity contribution in [1.82, 2.24) is 24.9 Å². The predicted octanol–water partition coefficient (Wildman–Crippen LogP) is 3.11. The highest BCUT2D eigenvalue weighted by Crippen LogP contribution is 2.31. The fourth-order valence-corrected chi connectivity index (χ4v) is 2.90. The summed E-state index contributed by atoms with van der Waals surface area (Å²) in [4.78, 5) is 0. The van der Waals surface area contributed by atoms with Crippen LogP contribution in [-0.4, -0.2) is 26.1 Å². The first-order valence-corrected chi connectivity index (χ1v) is 7.86. The maximum atomic E-state index is 6.42. The molecule has 2 heterocycles. The van der Waals surface area contributed by atoms with E-state index in [1.54, 1.807) is 6.20 Å². The number of halogens is 1. The lowest BCUT2D eigenvalue weighted by atomic mass is 10.0. The van der Waals surface area contributed by atoms with E-state index in [2.05, 4.69) is 49.4 Å². The van der Waals surface area contributed by atoms with Crippen LogP contribution in [0.25, 0.3) is 0 Å². The average molecular weight is 310 g/mol. The van der Waals surface area contributed by atoms with Crippen LogP contribution in [0.4, 0.5) is 0 Å². The molecule has 0 aliphatic heterocycles. The van der Waals surface area contributed by atoms with Gasteiger partial charge in [-0.15, -0.1) is 0 Å². The highest BCUT2D eigenvalue weighted by atomic mass is 35.5. The summed E-state index contributed by atoms with van der Waals surface area (Å²) in [5.41, 5.74) is 3.28. The second-order valence-corrected chi connectivity index (χ2v) is 5.87. The van der Waals surface area contributed by atoms with Crippen LogP contribution in [0, 0.1) is 0 Å². The van der Waals surface area contributed by atoms with E-state index in [-0.39, 0.29) is 12.1 Å². The molecule has 0 aromatic carbocycles. The van der Waals surface area contributed by atoms with Gasteiger partial charge in [0.1, 0.15) is 0 Å². The van der Waals surface area contributed by atoms with Crippen LogP contribution < -0.4 is 5.32 Å². The Labute approximate surface area is 131 Å². The summed E-state index contributed by atoms with van der Waals surface area (Å²) in [5.74, 6) is 0. The molecule has 1 N–H and O–H groups in total. The molecule has 0 aliphatic rings. The van der Waals surface area contributed by atoms with Crippen molar-refractivity contribution in [2.75, 3.05) is 6.54 Å². The monoisotopic (exact) mass is 309 g/mol. The van der Waals surface area contributed by atoms with E-state index in [9.17, 15) is 0 Å². The highest BCUT2D eigenvalue weighted by molar-refractivity contribution is 6.31. The minimum Gasteiger partial charge on any atom is -0.305 e. The Bertz CT molecular complexity index is 599. The molecule has 1 unspecified atom stereocenters. The number of aryl methyl sites for hydroxylation is 2. The van der Waals surface area contributed by atoms with Crippen molar-refractivity contribution in [1.29, 1.82) is 0 Å². The maximum Gasteiger partial charge on any atom is 0.0837 e. The Kier molecular flexibility index (Phi) is 5.06. The lowest BCUT2D eigenvalue weighted by molar-refractivity contribution is 0.475. The van der Waals surface area contributed by atoms with Gasteiger partial charge < -0.3 is 5.32 Å². The van der Waals surface area contributed by atoms with Crippen LogP contribution in [-0.2, 0) is 13.5 Å². The SMILES string of the molecule is CCNC(c1cn(C)nc1CC)c1c(Cl)cnn1C(C)C. The number of rotatable bonds is 6. The first-order valence-electron chi connectivity index (χ1n) is 7.48. The van der Waals surface area contributed by atoms with Gasteiger partial charge in [0.2, 0.25) is 0 Å². The van der Waals surface area contributed by atoms with E-state index >= 15 is 0 Å². The molecule has 21 heavy (non-hydrogen) atoms. The second kappa shape index (κ2) is 6.62. The van der Waals surface area contributed by atoms with E-state index in [1.807, 2.05) is 16.4 Å². The topological polar surface area (TPSA) is 47.7 Å². The van der Waals surface area contributed by atoms with Crippen LogP contribution >= 0.6 is 11.6 Å². The molecule has 0 saturated carbocycles. The molecule has 2 rings (SSSR count). The molecule has 6 heteroatoms. The van der Waals surface area contributed by atoms with Gasteiger partial charge in [0.25, 0.3) is 0 Å². The molecular formula is C15H24ClN5. The molecule has 0 aliphatic carbocycles. The van der Waals surface area contributed by atoms with E-state index in [0.717, 1.165) is 24.4 Å². The van der Waals surface area contributed by atoms with E-state index in [4.69, 9.17) is 11.6 Å². The van der Waals surface area contributed by atoms with Crippen LogP contribution in [0.3, 0.4) is 0 Å². The van der Waals surface area contributed by atoms with Crippen molar-refractivity contribution in [3.05, 3.63) is 34.4 Å². The zero-order chi connectivity index (χ0) is 15.6. The van der Waals surface area contributed by atoms with Gasteiger partial charge in [0.05, 0.1) is 28.6 Å². The summed E-state index contributed by atoms with van der Waals surface area (Å²) in [7, 11) is 1.95. The summed E-state index contributed by atoms with van der Waals surface area (Å²) >= 11 is 6.42. The molecule has 116 valence electrons. The molecular weight excluding hydrogens is 286 g/mol. The van der Waals surface area contributed by atoms with Crippen LogP contribution in [0.5, 0.6) is 0 Å². The highest BCUT2D eigenvalue weighted by Gasteiger charge is 2.26. The molecule has 1 atom stereocenters. The maximum absolute atomic E-state index is 6.42. The molecule has 0 fully saturated rings. The standard InChI is InChI=1S/C15H24ClN5/c1-6-13-11(9-20(5)19-13)14(17-7-2)15-12(16)8-18-21(15)10(3)4/h8-10,14,17H,6-7H2,1-5H3. The second-order valence-electron chi connectivity index (χ2n) is 5.47. The lowest BCUT2D eigenvalue weighted by Crippen LogP contribution is -2.26. The molecule has 2 aromatic rings. The van der Waals surface area contributed by atoms with Gasteiger partial charge in [-0.1, -0.05) is 25.4 Å². The zero-order valence-electron chi connectivity index (χ0n) is 13.4. The molecule has 0 saturated heterocycles. The van der Waals surface area contributed by atoms with Gasteiger partial charge in [-0.3, -0.25) is 9.36 Å². The van der Waals surface area contributed by atoms with E-state index < -0.39 is 0 Å². The van der Waals surface area contributed by atoms with E-state index in [1.165, 1.54) is 5.56 Å². The molecule has 0 spiro atoms. The lowest BCUT2D eigenvalue weighted by Gasteiger charge is -2.21. The smallest absolute Gasteiger partial charge is 0.0837 e. The minimum absolute atomic E-state index is 0.0102. The Morgan fingerprint density at radius 1 is 1.33 bits per heavy atom. The average Bonchev–Trinajstić information content (AvgIpc) is 2.99. The summed E-state index contributed by atoms with van der Waals surface area (Å²) in [5, 5.41) is 13.2. The third kappa shape index (κ3) is 3.14. The molecule has 2 aromatic heterocycles. The summed E-state index contributed by atoms with van der Waals surface area (Å²) in [6.45, 7) is 9.29. The molecule has 0 amide bonds. The van der Waals surface area contributed by atoms with E-state index in [0.29, 0.717) is 5.02 Å². The van der Waals surface area contributed by atoms with Gasteiger partial charge in [-0.2, -0.15) is 10.2 Å². The van der Waals surface area contributed by atoms with Crippen LogP contribution in [0.1, 0.15) is 56.7 Å². The minimum atomic E-state index is 0.0102. The zero-order valence-corrected chi connectivity index (χ0v) is 14.1. The number of nitrogens with one attached hydrogen (secondary N) is 1. The largest absolute Gasteiger partial charge is 0.305 e. The first-order chi connectivity index (χ1) is 9.99. The first kappa shape index (κ1) is 16.0. The fraction of sp³-hybridized carbons (Fsp3) is 0.600. The van der Waals surface area contributed by atoms with Crippen molar-refractivity contribution in [2.45, 2.75) is 46.2 Å². The predicted molar refractivity (Wildman–Crippen MR) is 85.7 cm³/mol. The quantitative estimate of drug-likeness (QED) is 0.892.